The van der Waals surface area contributed by atoms with Gasteiger partial charge in [0.15, 0.2) is 0 Å². The van der Waals surface area contributed by atoms with Crippen LogP contribution in [0.3, 0.4) is 0 Å². The molecule has 0 bridgehead atoms. The molecule has 1 aliphatic rings. The van der Waals surface area contributed by atoms with Crippen LogP contribution in [0.15, 0.2) is 66.7 Å². The van der Waals surface area contributed by atoms with Crippen LogP contribution in [0.5, 0.6) is 5.75 Å². The molecule has 7 nitrogen and oxygen atoms in total. The van der Waals surface area contributed by atoms with E-state index in [2.05, 4.69) is 4.98 Å². The highest BCUT2D eigenvalue weighted by atomic mass is 35.5. The Kier molecular flexibility index (Phi) is 9.37. The summed E-state index contributed by atoms with van der Waals surface area (Å²) in [5.41, 5.74) is 0.521. The maximum atomic E-state index is 13.6. The fraction of sp³-hybridized carbons (Fsp3) is 0.265. The highest BCUT2D eigenvalue weighted by molar-refractivity contribution is 6.29. The van der Waals surface area contributed by atoms with Gasteiger partial charge >= 0.3 is 24.4 Å². The van der Waals surface area contributed by atoms with Gasteiger partial charge in [-0.25, -0.2) is 14.6 Å². The molecule has 2 heterocycles. The minimum Gasteiger partial charge on any atom is -0.496 e. The number of esters is 1. The first-order valence-electron chi connectivity index (χ1n) is 14.3. The van der Waals surface area contributed by atoms with E-state index >= 15 is 0 Å². The molecule has 5 rings (SSSR count). The average molecular weight is 693 g/mol. The number of carbonyl (C=O) groups is 2. The lowest BCUT2D eigenvalue weighted by Crippen LogP contribution is -2.32. The standard InChI is InChI=1S/C34H27ClF6N2O5/c1-17-11-20(31(44)47-4)5-7-24(17)19-6-9-28(46-3)26(14-19)25-8-10-29(35)42-27(25)16-43-18(2)30(48-32(43)45)21-12-22(33(36,37)38)15-23(13-21)34(39,40)41/h5-15,18,30H,16H2,1-4H3/t18-,30?/m0/s1. The minimum atomic E-state index is -5.07. The van der Waals surface area contributed by atoms with Crippen molar-refractivity contribution in [2.24, 2.45) is 0 Å². The van der Waals surface area contributed by atoms with Gasteiger partial charge in [-0.3, -0.25) is 4.90 Å². The first-order chi connectivity index (χ1) is 22.5. The molecule has 1 saturated heterocycles. The number of alkyl halides is 6. The second kappa shape index (κ2) is 13.0. The molecular formula is C34H27ClF6N2O5. The molecule has 1 unspecified atom stereocenters. The molecule has 0 aliphatic carbocycles. The summed E-state index contributed by atoms with van der Waals surface area (Å²) in [6.45, 7) is 3.03. The summed E-state index contributed by atoms with van der Waals surface area (Å²) >= 11 is 6.25. The van der Waals surface area contributed by atoms with Gasteiger partial charge in [0.2, 0.25) is 0 Å². The third-order valence-electron chi connectivity index (χ3n) is 8.04. The van der Waals surface area contributed by atoms with Crippen LogP contribution in [0.25, 0.3) is 22.3 Å². The molecule has 48 heavy (non-hydrogen) atoms. The lowest BCUT2D eigenvalue weighted by molar-refractivity contribution is -0.143. The molecular weight excluding hydrogens is 666 g/mol. The fourth-order valence-corrected chi connectivity index (χ4v) is 5.79. The van der Waals surface area contributed by atoms with Crippen molar-refractivity contribution in [2.45, 2.75) is 44.9 Å². The monoisotopic (exact) mass is 692 g/mol. The van der Waals surface area contributed by atoms with Crippen LogP contribution in [0.4, 0.5) is 31.1 Å². The van der Waals surface area contributed by atoms with Crippen LogP contribution in [-0.2, 0) is 28.4 Å². The van der Waals surface area contributed by atoms with Gasteiger partial charge in [0.25, 0.3) is 0 Å². The van der Waals surface area contributed by atoms with Crippen LogP contribution < -0.4 is 4.74 Å². The average Bonchev–Trinajstić information content (AvgIpc) is 3.31. The number of nitrogens with zero attached hydrogens (tertiary/aromatic N) is 2. The summed E-state index contributed by atoms with van der Waals surface area (Å²) < 4.78 is 97.1. The van der Waals surface area contributed by atoms with E-state index in [0.29, 0.717) is 34.6 Å². The molecule has 0 radical (unpaired) electrons. The molecule has 0 N–H and O–H groups in total. The summed E-state index contributed by atoms with van der Waals surface area (Å²) in [7, 11) is 2.75. The zero-order valence-electron chi connectivity index (χ0n) is 25.8. The third-order valence-corrected chi connectivity index (χ3v) is 8.25. The van der Waals surface area contributed by atoms with Gasteiger partial charge < -0.3 is 14.2 Å². The predicted octanol–water partition coefficient (Wildman–Crippen LogP) is 9.29. The first-order valence-corrected chi connectivity index (χ1v) is 14.7. The van der Waals surface area contributed by atoms with Gasteiger partial charge in [-0.05, 0) is 90.7 Å². The van der Waals surface area contributed by atoms with Crippen LogP contribution >= 0.6 is 11.6 Å². The van der Waals surface area contributed by atoms with E-state index in [1.807, 2.05) is 19.1 Å². The summed E-state index contributed by atoms with van der Waals surface area (Å²) in [6, 6.07) is 13.8. The Morgan fingerprint density at radius 2 is 1.54 bits per heavy atom. The molecule has 252 valence electrons. The van der Waals surface area contributed by atoms with Crippen molar-refractivity contribution in [3.05, 3.63) is 105 Å². The molecule has 0 spiro atoms. The number of rotatable bonds is 7. The number of carbonyl (C=O) groups excluding carboxylic acids is 2. The van der Waals surface area contributed by atoms with Crippen molar-refractivity contribution in [1.29, 1.82) is 0 Å². The van der Waals surface area contributed by atoms with Crippen molar-refractivity contribution in [1.82, 2.24) is 9.88 Å². The van der Waals surface area contributed by atoms with Gasteiger partial charge in [0, 0.05) is 11.1 Å². The predicted molar refractivity (Wildman–Crippen MR) is 163 cm³/mol. The van der Waals surface area contributed by atoms with Crippen molar-refractivity contribution in [3.8, 4) is 28.0 Å². The Labute approximate surface area is 276 Å². The molecule has 2 atom stereocenters. The summed E-state index contributed by atoms with van der Waals surface area (Å²) in [4.78, 5) is 30.7. The zero-order valence-corrected chi connectivity index (χ0v) is 26.6. The molecule has 1 aromatic heterocycles. The Morgan fingerprint density at radius 1 is 0.896 bits per heavy atom. The van der Waals surface area contributed by atoms with E-state index in [-0.39, 0.29) is 23.5 Å². The maximum absolute atomic E-state index is 13.6. The van der Waals surface area contributed by atoms with E-state index in [1.165, 1.54) is 27.2 Å². The van der Waals surface area contributed by atoms with Crippen molar-refractivity contribution >= 4 is 23.7 Å². The number of amides is 1. The van der Waals surface area contributed by atoms with Gasteiger partial charge in [-0.1, -0.05) is 23.7 Å². The normalized spacial score (nSPS) is 16.6. The molecule has 1 amide bonds. The molecule has 3 aromatic carbocycles. The van der Waals surface area contributed by atoms with E-state index < -0.39 is 53.3 Å². The molecule has 4 aromatic rings. The number of halogens is 7. The smallest absolute Gasteiger partial charge is 0.416 e. The van der Waals surface area contributed by atoms with E-state index in [4.69, 9.17) is 25.8 Å². The van der Waals surface area contributed by atoms with E-state index in [9.17, 15) is 35.9 Å². The molecule has 1 aliphatic heterocycles. The van der Waals surface area contributed by atoms with Crippen LogP contribution in [-0.4, -0.2) is 42.2 Å². The number of hydrogen-bond acceptors (Lipinski definition) is 6. The first kappa shape index (κ1) is 34.6. The minimum absolute atomic E-state index is 0.0152. The largest absolute Gasteiger partial charge is 0.496 e. The summed E-state index contributed by atoms with van der Waals surface area (Å²) in [5.74, 6) is -0.0470. The Morgan fingerprint density at radius 3 is 2.12 bits per heavy atom. The maximum Gasteiger partial charge on any atom is 0.416 e. The second-order valence-electron chi connectivity index (χ2n) is 11.1. The second-order valence-corrected chi connectivity index (χ2v) is 11.5. The topological polar surface area (TPSA) is 78.0 Å². The van der Waals surface area contributed by atoms with Gasteiger partial charge in [-0.15, -0.1) is 0 Å². The Bertz CT molecular complexity index is 1860. The van der Waals surface area contributed by atoms with Crippen molar-refractivity contribution in [3.63, 3.8) is 0 Å². The van der Waals surface area contributed by atoms with Gasteiger partial charge in [0.05, 0.1) is 49.2 Å². The van der Waals surface area contributed by atoms with Crippen molar-refractivity contribution in [2.75, 3.05) is 14.2 Å². The molecule has 1 fully saturated rings. The Hall–Kier alpha value is -4.78. The van der Waals surface area contributed by atoms with Gasteiger partial charge in [-0.2, -0.15) is 26.3 Å². The number of aryl methyl sites for hydroxylation is 1. The SMILES string of the molecule is COC(=O)c1ccc(-c2ccc(OC)c(-c3ccc(Cl)nc3CN3C(=O)OC(c4cc(C(F)(F)F)cc(C(F)(F)F)c4)[C@@H]3C)c2)c(C)c1. The number of methoxy groups -OCH3 is 2. The van der Waals surface area contributed by atoms with Crippen molar-refractivity contribution < 1.29 is 50.1 Å². The van der Waals surface area contributed by atoms with E-state index in [1.54, 1.807) is 30.3 Å². The lowest BCUT2D eigenvalue weighted by Gasteiger charge is -2.23. The Balaban J connectivity index is 1.53. The number of pyridine rings is 1. The highest BCUT2D eigenvalue weighted by Crippen LogP contribution is 2.42. The van der Waals surface area contributed by atoms with Gasteiger partial charge in [0.1, 0.15) is 17.0 Å². The van der Waals surface area contributed by atoms with Crippen LogP contribution in [0.1, 0.15) is 51.3 Å². The number of cyclic esters (lactones) is 1. The fourth-order valence-electron chi connectivity index (χ4n) is 5.62. The van der Waals surface area contributed by atoms with Crippen LogP contribution in [0.2, 0.25) is 5.15 Å². The summed E-state index contributed by atoms with van der Waals surface area (Å²) in [5, 5.41) is 0.0718. The summed E-state index contributed by atoms with van der Waals surface area (Å²) in [6.07, 6.45) is -12.6. The number of benzene rings is 3. The third kappa shape index (κ3) is 6.91. The van der Waals surface area contributed by atoms with Crippen LogP contribution in [0, 0.1) is 6.92 Å². The lowest BCUT2D eigenvalue weighted by atomic mass is 9.93. The quantitative estimate of drug-likeness (QED) is 0.109. The number of ether oxygens (including phenoxy) is 3. The highest BCUT2D eigenvalue weighted by Gasteiger charge is 2.43. The zero-order chi connectivity index (χ0) is 35.1. The molecule has 14 heteroatoms. The number of hydrogen-bond donors (Lipinski definition) is 0. The molecule has 0 saturated carbocycles. The number of aromatic nitrogens is 1. The van der Waals surface area contributed by atoms with E-state index in [0.717, 1.165) is 21.6 Å².